The molecule has 9 nitrogen and oxygen atoms in total. The van der Waals surface area contributed by atoms with E-state index in [9.17, 15) is 14.4 Å². The molecule has 0 aromatic heterocycles. The van der Waals surface area contributed by atoms with Gasteiger partial charge < -0.3 is 14.2 Å². The molecular formula is C21H37N3O6. The Kier molecular flexibility index (Phi) is 9.55. The lowest BCUT2D eigenvalue weighted by Crippen LogP contribution is -2.50. The average Bonchev–Trinajstić information content (AvgIpc) is 2.40. The first-order valence-electron chi connectivity index (χ1n) is 9.74. The Hall–Kier alpha value is -2.58. The maximum absolute atomic E-state index is 12.8. The van der Waals surface area contributed by atoms with Crippen LogP contribution in [0.5, 0.6) is 0 Å². The van der Waals surface area contributed by atoms with Crippen LogP contribution in [0.1, 0.15) is 76.2 Å². The Morgan fingerprint density at radius 1 is 0.833 bits per heavy atom. The van der Waals surface area contributed by atoms with Gasteiger partial charge in [-0.25, -0.2) is 19.3 Å². The number of ether oxygens (including phenoxy) is 3. The predicted molar refractivity (Wildman–Crippen MR) is 115 cm³/mol. The van der Waals surface area contributed by atoms with E-state index in [1.165, 1.54) is 0 Å². The Morgan fingerprint density at radius 2 is 1.30 bits per heavy atom. The fourth-order valence-electron chi connectivity index (χ4n) is 1.76. The van der Waals surface area contributed by atoms with Crippen molar-refractivity contribution < 1.29 is 28.6 Å². The predicted octanol–water partition coefficient (Wildman–Crippen LogP) is 5.01. The summed E-state index contributed by atoms with van der Waals surface area (Å²) in [6, 6.07) is 0. The van der Waals surface area contributed by atoms with Crippen molar-refractivity contribution in [2.45, 2.75) is 93.0 Å². The highest BCUT2D eigenvalue weighted by molar-refractivity contribution is 6.05. The standard InChI is InChI=1S/C21H37N3O6/c1-14(2)12-13-24(18(27)30-21(9,10)11)15(22-16(25)28-19(3,4)5)23-17(26)29-20(6,7)8/h12H,13H2,1-11H3,(H,22,23,25,26). The number of amides is 3. The van der Waals surface area contributed by atoms with E-state index in [-0.39, 0.29) is 12.5 Å². The highest BCUT2D eigenvalue weighted by atomic mass is 16.6. The fraction of sp³-hybridized carbons (Fsp3) is 0.714. The summed E-state index contributed by atoms with van der Waals surface area (Å²) in [5.74, 6) is -0.356. The molecule has 0 saturated heterocycles. The summed E-state index contributed by atoms with van der Waals surface area (Å²) >= 11 is 0. The number of hydrogen-bond acceptors (Lipinski definition) is 6. The van der Waals surface area contributed by atoms with Gasteiger partial charge in [0.25, 0.3) is 0 Å². The van der Waals surface area contributed by atoms with Crippen LogP contribution in [-0.4, -0.2) is 52.5 Å². The van der Waals surface area contributed by atoms with Crippen molar-refractivity contribution >= 4 is 24.2 Å². The Morgan fingerprint density at radius 3 is 1.70 bits per heavy atom. The normalized spacial score (nSPS) is 12.6. The molecule has 9 heteroatoms. The van der Waals surface area contributed by atoms with Crippen LogP contribution in [0.4, 0.5) is 14.4 Å². The summed E-state index contributed by atoms with van der Waals surface area (Å²) in [5, 5.41) is 2.36. The lowest BCUT2D eigenvalue weighted by atomic mass is 10.2. The van der Waals surface area contributed by atoms with Gasteiger partial charge in [0.15, 0.2) is 0 Å². The zero-order valence-electron chi connectivity index (χ0n) is 20.1. The van der Waals surface area contributed by atoms with Crippen molar-refractivity contribution in [1.82, 2.24) is 10.2 Å². The largest absolute Gasteiger partial charge is 0.444 e. The van der Waals surface area contributed by atoms with Gasteiger partial charge in [-0.05, 0) is 76.2 Å². The van der Waals surface area contributed by atoms with E-state index in [1.54, 1.807) is 68.4 Å². The molecule has 0 radical (unpaired) electrons. The van der Waals surface area contributed by atoms with E-state index in [0.717, 1.165) is 10.5 Å². The highest BCUT2D eigenvalue weighted by Crippen LogP contribution is 2.13. The van der Waals surface area contributed by atoms with Crippen LogP contribution in [0.2, 0.25) is 0 Å². The van der Waals surface area contributed by atoms with Gasteiger partial charge in [-0.2, -0.15) is 0 Å². The number of alkyl carbamates (subject to hydrolysis) is 1. The highest BCUT2D eigenvalue weighted by Gasteiger charge is 2.29. The number of nitrogens with zero attached hydrogens (tertiary/aromatic N) is 2. The second-order valence-electron chi connectivity index (χ2n) is 9.92. The molecule has 3 amide bonds. The van der Waals surface area contributed by atoms with Crippen LogP contribution in [0.3, 0.4) is 0 Å². The molecule has 30 heavy (non-hydrogen) atoms. The lowest BCUT2D eigenvalue weighted by Gasteiger charge is -2.28. The molecule has 0 aliphatic rings. The van der Waals surface area contributed by atoms with Gasteiger partial charge in [0.1, 0.15) is 16.8 Å². The number of carbonyl (C=O) groups excluding carboxylic acids is 3. The Balaban J connectivity index is 6.09. The minimum Gasteiger partial charge on any atom is -0.444 e. The fourth-order valence-corrected chi connectivity index (χ4v) is 1.76. The molecule has 172 valence electrons. The van der Waals surface area contributed by atoms with Crippen LogP contribution in [-0.2, 0) is 14.2 Å². The van der Waals surface area contributed by atoms with Crippen molar-refractivity contribution in [2.24, 2.45) is 4.99 Å². The van der Waals surface area contributed by atoms with E-state index in [2.05, 4.69) is 10.3 Å². The number of allylic oxidation sites excluding steroid dienone is 1. The third kappa shape index (κ3) is 13.6. The zero-order chi connectivity index (χ0) is 23.9. The van der Waals surface area contributed by atoms with Crippen molar-refractivity contribution in [3.05, 3.63) is 11.6 Å². The molecule has 0 spiro atoms. The zero-order valence-corrected chi connectivity index (χ0v) is 20.1. The minimum atomic E-state index is -0.973. The second kappa shape index (κ2) is 10.4. The number of nitrogens with one attached hydrogen (secondary N) is 1. The number of guanidine groups is 1. The van der Waals surface area contributed by atoms with Crippen molar-refractivity contribution in [1.29, 1.82) is 0 Å². The lowest BCUT2D eigenvalue weighted by molar-refractivity contribution is 0.0372. The monoisotopic (exact) mass is 427 g/mol. The van der Waals surface area contributed by atoms with Gasteiger partial charge in [-0.3, -0.25) is 5.32 Å². The summed E-state index contributed by atoms with van der Waals surface area (Å²) in [6.45, 7) is 18.9. The number of rotatable bonds is 2. The molecule has 0 aromatic rings. The van der Waals surface area contributed by atoms with Crippen LogP contribution >= 0.6 is 0 Å². The van der Waals surface area contributed by atoms with E-state index < -0.39 is 35.1 Å². The summed E-state index contributed by atoms with van der Waals surface area (Å²) in [5.41, 5.74) is -1.49. The molecule has 0 rings (SSSR count). The van der Waals surface area contributed by atoms with Gasteiger partial charge in [0.2, 0.25) is 5.96 Å². The van der Waals surface area contributed by atoms with Crippen molar-refractivity contribution in [3.63, 3.8) is 0 Å². The van der Waals surface area contributed by atoms with Crippen molar-refractivity contribution in [3.8, 4) is 0 Å². The molecule has 0 heterocycles. The quantitative estimate of drug-likeness (QED) is 0.287. The molecule has 0 aromatic carbocycles. The molecule has 0 aliphatic heterocycles. The maximum Gasteiger partial charge on any atom is 0.437 e. The first kappa shape index (κ1) is 27.4. The summed E-state index contributed by atoms with van der Waals surface area (Å²) < 4.78 is 15.8. The molecule has 0 unspecified atom stereocenters. The van der Waals surface area contributed by atoms with Crippen LogP contribution in [0, 0.1) is 0 Å². The van der Waals surface area contributed by atoms with Crippen LogP contribution in [0.25, 0.3) is 0 Å². The van der Waals surface area contributed by atoms with E-state index in [0.29, 0.717) is 0 Å². The third-order valence-corrected chi connectivity index (χ3v) is 2.76. The third-order valence-electron chi connectivity index (χ3n) is 2.76. The van der Waals surface area contributed by atoms with Crippen molar-refractivity contribution in [2.75, 3.05) is 6.54 Å². The smallest absolute Gasteiger partial charge is 0.437 e. The first-order valence-corrected chi connectivity index (χ1v) is 9.74. The van der Waals surface area contributed by atoms with Gasteiger partial charge in [-0.1, -0.05) is 11.6 Å². The molecule has 0 fully saturated rings. The van der Waals surface area contributed by atoms with Gasteiger partial charge >= 0.3 is 18.3 Å². The minimum absolute atomic E-state index is 0.00861. The van der Waals surface area contributed by atoms with Gasteiger partial charge in [0, 0.05) is 0 Å². The summed E-state index contributed by atoms with van der Waals surface area (Å²) in [4.78, 5) is 42.2. The second-order valence-corrected chi connectivity index (χ2v) is 9.92. The SMILES string of the molecule is CC(C)=CCN(C(=O)OC(C)(C)C)/C(=N\C(=O)OC(C)(C)C)NC(=O)OC(C)(C)C. The molecule has 0 saturated carbocycles. The molecule has 0 atom stereocenters. The average molecular weight is 428 g/mol. The van der Waals surface area contributed by atoms with Crippen LogP contribution < -0.4 is 5.32 Å². The van der Waals surface area contributed by atoms with Crippen LogP contribution in [0.15, 0.2) is 16.6 Å². The summed E-state index contributed by atoms with van der Waals surface area (Å²) in [6.07, 6.45) is -0.918. The van der Waals surface area contributed by atoms with Gasteiger partial charge in [0.05, 0.1) is 6.54 Å². The number of hydrogen-bond donors (Lipinski definition) is 1. The number of aliphatic imine (C=N–C) groups is 1. The Bertz CT molecular complexity index is 687. The molecular weight excluding hydrogens is 390 g/mol. The van der Waals surface area contributed by atoms with E-state index in [4.69, 9.17) is 14.2 Å². The van der Waals surface area contributed by atoms with Gasteiger partial charge in [-0.15, -0.1) is 4.99 Å². The molecule has 0 bridgehead atoms. The molecule has 0 aliphatic carbocycles. The Labute approximate surface area is 179 Å². The first-order chi connectivity index (χ1) is 13.3. The van der Waals surface area contributed by atoms with E-state index in [1.807, 2.05) is 13.8 Å². The topological polar surface area (TPSA) is 107 Å². The van der Waals surface area contributed by atoms with E-state index >= 15 is 0 Å². The maximum atomic E-state index is 12.8. The summed E-state index contributed by atoms with van der Waals surface area (Å²) in [7, 11) is 0. The number of carbonyl (C=O) groups is 3. The molecule has 1 N–H and O–H groups in total.